The van der Waals surface area contributed by atoms with Gasteiger partial charge >= 0.3 is 5.97 Å². The SMILES string of the molecule is COC(=O)C(C#N)c1cccc(C23OCC(C)(C)C2(C(C)(C)C)OO3)c1. The van der Waals surface area contributed by atoms with Crippen molar-refractivity contribution >= 4 is 5.97 Å². The lowest BCUT2D eigenvalue weighted by atomic mass is 9.57. The first-order valence-electron chi connectivity index (χ1n) is 8.65. The highest BCUT2D eigenvalue weighted by Crippen LogP contribution is 2.69. The van der Waals surface area contributed by atoms with Gasteiger partial charge in [-0.15, -0.1) is 0 Å². The minimum absolute atomic E-state index is 0.280. The summed E-state index contributed by atoms with van der Waals surface area (Å²) in [5.74, 6) is -2.68. The van der Waals surface area contributed by atoms with E-state index in [9.17, 15) is 10.1 Å². The van der Waals surface area contributed by atoms with Gasteiger partial charge in [0.25, 0.3) is 5.79 Å². The van der Waals surface area contributed by atoms with Crippen molar-refractivity contribution in [2.75, 3.05) is 13.7 Å². The lowest BCUT2D eigenvalue weighted by molar-refractivity contribution is -0.626. The van der Waals surface area contributed by atoms with Crippen LogP contribution in [-0.4, -0.2) is 25.3 Å². The maximum absolute atomic E-state index is 11.9. The van der Waals surface area contributed by atoms with Gasteiger partial charge in [0, 0.05) is 16.4 Å². The molecule has 6 heteroatoms. The Hall–Kier alpha value is -1.94. The van der Waals surface area contributed by atoms with Crippen LogP contribution in [-0.2, 0) is 29.8 Å². The number of fused-ring (bicyclic) bond motifs is 1. The summed E-state index contributed by atoms with van der Waals surface area (Å²) >= 11 is 0. The Kier molecular flexibility index (Phi) is 4.19. The van der Waals surface area contributed by atoms with Crippen LogP contribution in [0.2, 0.25) is 0 Å². The molecular weight excluding hydrogens is 334 g/mol. The van der Waals surface area contributed by atoms with Crippen molar-refractivity contribution in [3.8, 4) is 6.07 Å². The van der Waals surface area contributed by atoms with Crippen LogP contribution in [0.1, 0.15) is 51.7 Å². The predicted octanol–water partition coefficient (Wildman–Crippen LogP) is 3.42. The first-order chi connectivity index (χ1) is 12.1. The van der Waals surface area contributed by atoms with Crippen LogP contribution in [0.15, 0.2) is 24.3 Å². The Labute approximate surface area is 153 Å². The van der Waals surface area contributed by atoms with Gasteiger partial charge in [0.15, 0.2) is 11.5 Å². The van der Waals surface area contributed by atoms with Crippen molar-refractivity contribution in [1.29, 1.82) is 5.26 Å². The van der Waals surface area contributed by atoms with Gasteiger partial charge in [0.1, 0.15) is 0 Å². The highest BCUT2D eigenvalue weighted by Gasteiger charge is 2.81. The number of carbonyl (C=O) groups excluding carboxylic acids is 1. The molecule has 2 saturated heterocycles. The summed E-state index contributed by atoms with van der Waals surface area (Å²) in [6.45, 7) is 10.9. The fourth-order valence-corrected chi connectivity index (χ4v) is 4.54. The molecule has 0 bridgehead atoms. The number of nitrogens with zero attached hydrogens (tertiary/aromatic N) is 1. The van der Waals surface area contributed by atoms with E-state index in [1.807, 2.05) is 12.1 Å². The van der Waals surface area contributed by atoms with Crippen LogP contribution in [0.3, 0.4) is 0 Å². The number of rotatable bonds is 3. The summed E-state index contributed by atoms with van der Waals surface area (Å²) in [7, 11) is 1.27. The largest absolute Gasteiger partial charge is 0.468 e. The van der Waals surface area contributed by atoms with E-state index in [4.69, 9.17) is 19.2 Å². The predicted molar refractivity (Wildman–Crippen MR) is 92.6 cm³/mol. The van der Waals surface area contributed by atoms with Crippen molar-refractivity contribution in [3.05, 3.63) is 35.4 Å². The van der Waals surface area contributed by atoms with Crippen LogP contribution in [0.4, 0.5) is 0 Å². The first kappa shape index (κ1) is 18.8. The summed E-state index contributed by atoms with van der Waals surface area (Å²) in [5, 5.41) is 9.39. The van der Waals surface area contributed by atoms with E-state index in [1.54, 1.807) is 18.2 Å². The van der Waals surface area contributed by atoms with Crippen LogP contribution in [0, 0.1) is 22.2 Å². The molecule has 3 atom stereocenters. The van der Waals surface area contributed by atoms with E-state index < -0.39 is 23.3 Å². The average molecular weight is 359 g/mol. The number of benzene rings is 1. The van der Waals surface area contributed by atoms with Crippen molar-refractivity contribution < 1.29 is 24.0 Å². The summed E-state index contributed by atoms with van der Waals surface area (Å²) in [5.41, 5.74) is -0.0166. The molecule has 6 nitrogen and oxygen atoms in total. The number of ether oxygens (including phenoxy) is 2. The van der Waals surface area contributed by atoms with E-state index in [0.29, 0.717) is 12.2 Å². The number of methoxy groups -OCH3 is 1. The Morgan fingerprint density at radius 1 is 1.31 bits per heavy atom. The Morgan fingerprint density at radius 2 is 2.00 bits per heavy atom. The number of carbonyl (C=O) groups is 1. The minimum atomic E-state index is -1.08. The normalized spacial score (nSPS) is 30.7. The first-order valence-corrected chi connectivity index (χ1v) is 8.65. The van der Waals surface area contributed by atoms with Crippen molar-refractivity contribution in [3.63, 3.8) is 0 Å². The Bertz CT molecular complexity index is 775. The molecule has 0 amide bonds. The third kappa shape index (κ3) is 2.18. The average Bonchev–Trinajstić information content (AvgIpc) is 2.70. The number of hydrogen-bond donors (Lipinski definition) is 0. The quantitative estimate of drug-likeness (QED) is 0.608. The summed E-state index contributed by atoms with van der Waals surface area (Å²) in [6, 6.07) is 9.16. The molecule has 140 valence electrons. The van der Waals surface area contributed by atoms with E-state index >= 15 is 0 Å². The van der Waals surface area contributed by atoms with Gasteiger partial charge in [-0.25, -0.2) is 4.89 Å². The number of esters is 1. The molecule has 3 rings (SSSR count). The van der Waals surface area contributed by atoms with Gasteiger partial charge in [-0.3, -0.25) is 4.79 Å². The molecule has 0 aromatic heterocycles. The molecule has 2 heterocycles. The molecule has 1 aromatic carbocycles. The molecule has 1 aromatic rings. The fourth-order valence-electron chi connectivity index (χ4n) is 4.54. The molecule has 0 N–H and O–H groups in total. The fraction of sp³-hybridized carbons (Fsp3) is 0.600. The van der Waals surface area contributed by atoms with Crippen LogP contribution in [0.25, 0.3) is 0 Å². The van der Waals surface area contributed by atoms with Gasteiger partial charge in [-0.2, -0.15) is 10.1 Å². The van der Waals surface area contributed by atoms with Gasteiger partial charge in [0.05, 0.1) is 19.8 Å². The summed E-state index contributed by atoms with van der Waals surface area (Å²) in [6.07, 6.45) is 0. The van der Waals surface area contributed by atoms with Gasteiger partial charge in [-0.1, -0.05) is 52.8 Å². The van der Waals surface area contributed by atoms with E-state index in [1.165, 1.54) is 7.11 Å². The monoisotopic (exact) mass is 359 g/mol. The van der Waals surface area contributed by atoms with Crippen LogP contribution >= 0.6 is 0 Å². The Balaban J connectivity index is 2.12. The third-order valence-corrected chi connectivity index (χ3v) is 5.56. The second-order valence-corrected chi connectivity index (χ2v) is 8.60. The molecule has 0 radical (unpaired) electrons. The zero-order valence-electron chi connectivity index (χ0n) is 16.1. The van der Waals surface area contributed by atoms with Crippen LogP contribution < -0.4 is 0 Å². The molecule has 0 saturated carbocycles. The maximum Gasteiger partial charge on any atom is 0.327 e. The van der Waals surface area contributed by atoms with Crippen molar-refractivity contribution in [2.45, 2.75) is 51.9 Å². The highest BCUT2D eigenvalue weighted by molar-refractivity contribution is 5.81. The summed E-state index contributed by atoms with van der Waals surface area (Å²) in [4.78, 5) is 23.3. The Morgan fingerprint density at radius 3 is 2.50 bits per heavy atom. The molecule has 3 unspecified atom stereocenters. The lowest BCUT2D eigenvalue weighted by Crippen LogP contribution is -2.73. The minimum Gasteiger partial charge on any atom is -0.468 e. The number of hydrogen-bond acceptors (Lipinski definition) is 6. The maximum atomic E-state index is 11.9. The lowest BCUT2D eigenvalue weighted by Gasteiger charge is -2.61. The zero-order chi connectivity index (χ0) is 19.4. The van der Waals surface area contributed by atoms with E-state index in [2.05, 4.69) is 34.6 Å². The topological polar surface area (TPSA) is 77.8 Å². The summed E-state index contributed by atoms with van der Waals surface area (Å²) < 4.78 is 10.9. The van der Waals surface area contributed by atoms with Gasteiger partial charge in [-0.05, 0) is 11.6 Å². The standard InChI is InChI=1S/C20H25NO5/c1-17(2,3)20-18(4,5)12-24-19(20,25-26-20)14-9-7-8-13(10-14)15(11-21)16(22)23-6/h7-10,15H,12H2,1-6H3. The number of nitriles is 1. The van der Waals surface area contributed by atoms with Crippen molar-refractivity contribution in [1.82, 2.24) is 0 Å². The van der Waals surface area contributed by atoms with Gasteiger partial charge < -0.3 is 9.47 Å². The molecule has 2 aliphatic rings. The smallest absolute Gasteiger partial charge is 0.327 e. The van der Waals surface area contributed by atoms with Crippen LogP contribution in [0.5, 0.6) is 0 Å². The molecule has 26 heavy (non-hydrogen) atoms. The molecule has 0 spiro atoms. The highest BCUT2D eigenvalue weighted by atomic mass is 17.3. The van der Waals surface area contributed by atoms with Gasteiger partial charge in [0.2, 0.25) is 0 Å². The molecule has 2 aliphatic heterocycles. The van der Waals surface area contributed by atoms with Crippen molar-refractivity contribution in [2.24, 2.45) is 10.8 Å². The van der Waals surface area contributed by atoms with E-state index in [-0.39, 0.29) is 10.8 Å². The van der Waals surface area contributed by atoms with E-state index in [0.717, 1.165) is 5.56 Å². The molecule has 0 aliphatic carbocycles. The molecular formula is C20H25NO5. The molecule has 2 fully saturated rings. The zero-order valence-corrected chi connectivity index (χ0v) is 16.1. The second kappa shape index (κ2) is 5.78. The second-order valence-electron chi connectivity index (χ2n) is 8.60. The third-order valence-electron chi connectivity index (χ3n) is 5.56.